The first kappa shape index (κ1) is 16.3. The first-order valence-electron chi connectivity index (χ1n) is 8.08. The maximum absolute atomic E-state index is 12.7. The lowest BCUT2D eigenvalue weighted by Gasteiger charge is -2.36. The van der Waals surface area contributed by atoms with Gasteiger partial charge in [-0.25, -0.2) is 0 Å². The predicted molar refractivity (Wildman–Crippen MR) is 93.2 cm³/mol. The lowest BCUT2D eigenvalue weighted by atomic mass is 10.0. The second kappa shape index (κ2) is 7.84. The number of nitrogens with zero attached hydrogens (tertiary/aromatic N) is 1. The summed E-state index contributed by atoms with van der Waals surface area (Å²) < 4.78 is 10.9. The average molecular weight is 326 g/mol. The smallest absolute Gasteiger partial charge is 0.242 e. The highest BCUT2D eigenvalue weighted by Crippen LogP contribution is 2.25. The van der Waals surface area contributed by atoms with Crippen LogP contribution in [-0.2, 0) is 9.53 Å². The molecule has 0 aromatic heterocycles. The summed E-state index contributed by atoms with van der Waals surface area (Å²) >= 11 is 0. The Kier molecular flexibility index (Phi) is 5.33. The molecule has 1 aliphatic rings. The normalized spacial score (nSPS) is 17.4. The Morgan fingerprint density at radius 3 is 2.75 bits per heavy atom. The van der Waals surface area contributed by atoms with Gasteiger partial charge in [0.15, 0.2) is 0 Å². The van der Waals surface area contributed by atoms with Crippen LogP contribution in [0.3, 0.4) is 0 Å². The number of hydrogen-bond donors (Lipinski definition) is 1. The SMILES string of the molecule is COc1ccccc1NCC(=O)N1CCOCC1c1ccccc1. The van der Waals surface area contributed by atoms with Crippen LogP contribution in [-0.4, -0.2) is 44.2 Å². The molecule has 1 atom stereocenters. The number of nitrogens with one attached hydrogen (secondary N) is 1. The van der Waals surface area contributed by atoms with Gasteiger partial charge in [0.25, 0.3) is 0 Å². The zero-order valence-corrected chi connectivity index (χ0v) is 13.8. The van der Waals surface area contributed by atoms with Gasteiger partial charge in [-0.05, 0) is 17.7 Å². The number of methoxy groups -OCH3 is 1. The van der Waals surface area contributed by atoms with Crippen molar-refractivity contribution in [1.29, 1.82) is 0 Å². The van der Waals surface area contributed by atoms with Crippen molar-refractivity contribution in [2.45, 2.75) is 6.04 Å². The number of hydrogen-bond acceptors (Lipinski definition) is 4. The van der Waals surface area contributed by atoms with E-state index in [1.807, 2.05) is 59.5 Å². The fourth-order valence-corrected chi connectivity index (χ4v) is 2.92. The Morgan fingerprint density at radius 2 is 1.96 bits per heavy atom. The molecule has 0 spiro atoms. The quantitative estimate of drug-likeness (QED) is 0.918. The molecule has 0 saturated carbocycles. The van der Waals surface area contributed by atoms with Crippen LogP contribution in [0.25, 0.3) is 0 Å². The van der Waals surface area contributed by atoms with E-state index < -0.39 is 0 Å². The van der Waals surface area contributed by atoms with Gasteiger partial charge in [0.1, 0.15) is 5.75 Å². The number of carbonyl (C=O) groups excluding carboxylic acids is 1. The molecule has 1 saturated heterocycles. The number of rotatable bonds is 5. The van der Waals surface area contributed by atoms with Crippen molar-refractivity contribution in [3.63, 3.8) is 0 Å². The molecule has 2 aromatic carbocycles. The Labute approximate surface area is 142 Å². The number of para-hydroxylation sites is 2. The maximum atomic E-state index is 12.7. The van der Waals surface area contributed by atoms with Gasteiger partial charge >= 0.3 is 0 Å². The number of amides is 1. The molecule has 5 heteroatoms. The minimum absolute atomic E-state index is 0.0353. The first-order chi connectivity index (χ1) is 11.8. The van der Waals surface area contributed by atoms with Crippen LogP contribution in [0.2, 0.25) is 0 Å². The molecule has 1 heterocycles. The largest absolute Gasteiger partial charge is 0.495 e. The molecule has 1 N–H and O–H groups in total. The van der Waals surface area contributed by atoms with Gasteiger partial charge < -0.3 is 19.7 Å². The minimum atomic E-state index is -0.0353. The number of morpholine rings is 1. The van der Waals surface area contributed by atoms with Gasteiger partial charge in [-0.1, -0.05) is 42.5 Å². The zero-order chi connectivity index (χ0) is 16.8. The van der Waals surface area contributed by atoms with Crippen molar-refractivity contribution in [2.75, 3.05) is 38.7 Å². The summed E-state index contributed by atoms with van der Waals surface area (Å²) in [6.45, 7) is 1.93. The molecule has 1 unspecified atom stereocenters. The first-order valence-corrected chi connectivity index (χ1v) is 8.08. The highest BCUT2D eigenvalue weighted by atomic mass is 16.5. The van der Waals surface area contributed by atoms with E-state index in [0.29, 0.717) is 19.8 Å². The Morgan fingerprint density at radius 1 is 1.21 bits per heavy atom. The molecule has 1 aliphatic heterocycles. The summed E-state index contributed by atoms with van der Waals surface area (Å²) in [7, 11) is 1.62. The molecule has 1 fully saturated rings. The fourth-order valence-electron chi connectivity index (χ4n) is 2.92. The molecule has 2 aromatic rings. The summed E-state index contributed by atoms with van der Waals surface area (Å²) in [5, 5.41) is 3.18. The minimum Gasteiger partial charge on any atom is -0.495 e. The molecule has 0 radical (unpaired) electrons. The topological polar surface area (TPSA) is 50.8 Å². The zero-order valence-electron chi connectivity index (χ0n) is 13.8. The Hall–Kier alpha value is -2.53. The van der Waals surface area contributed by atoms with Crippen LogP contribution in [0.4, 0.5) is 5.69 Å². The fraction of sp³-hybridized carbons (Fsp3) is 0.316. The maximum Gasteiger partial charge on any atom is 0.242 e. The molecule has 24 heavy (non-hydrogen) atoms. The van der Waals surface area contributed by atoms with Crippen LogP contribution in [0.15, 0.2) is 54.6 Å². The van der Waals surface area contributed by atoms with Crippen LogP contribution in [0.1, 0.15) is 11.6 Å². The summed E-state index contributed by atoms with van der Waals surface area (Å²) in [4.78, 5) is 14.6. The van der Waals surface area contributed by atoms with E-state index in [1.54, 1.807) is 7.11 Å². The Balaban J connectivity index is 1.68. The van der Waals surface area contributed by atoms with E-state index in [-0.39, 0.29) is 18.5 Å². The molecule has 0 bridgehead atoms. The van der Waals surface area contributed by atoms with E-state index in [2.05, 4.69) is 5.32 Å². The number of benzene rings is 2. The van der Waals surface area contributed by atoms with E-state index in [1.165, 1.54) is 0 Å². The van der Waals surface area contributed by atoms with Gasteiger partial charge in [-0.15, -0.1) is 0 Å². The van der Waals surface area contributed by atoms with Crippen molar-refractivity contribution in [3.05, 3.63) is 60.2 Å². The van der Waals surface area contributed by atoms with Gasteiger partial charge in [0.05, 0.1) is 38.6 Å². The highest BCUT2D eigenvalue weighted by molar-refractivity contribution is 5.82. The van der Waals surface area contributed by atoms with Crippen molar-refractivity contribution in [2.24, 2.45) is 0 Å². The van der Waals surface area contributed by atoms with Crippen LogP contribution < -0.4 is 10.1 Å². The molecule has 0 aliphatic carbocycles. The number of carbonyl (C=O) groups is 1. The molecule has 5 nitrogen and oxygen atoms in total. The third kappa shape index (κ3) is 3.68. The lowest BCUT2D eigenvalue weighted by molar-refractivity contribution is -0.138. The Bertz CT molecular complexity index is 675. The number of ether oxygens (including phenoxy) is 2. The van der Waals surface area contributed by atoms with Crippen LogP contribution >= 0.6 is 0 Å². The van der Waals surface area contributed by atoms with Gasteiger partial charge in [0.2, 0.25) is 5.91 Å². The molecule has 1 amide bonds. The predicted octanol–water partition coefficient (Wildman–Crippen LogP) is 2.71. The monoisotopic (exact) mass is 326 g/mol. The highest BCUT2D eigenvalue weighted by Gasteiger charge is 2.28. The van der Waals surface area contributed by atoms with Crippen molar-refractivity contribution < 1.29 is 14.3 Å². The third-order valence-corrected chi connectivity index (χ3v) is 4.17. The lowest BCUT2D eigenvalue weighted by Crippen LogP contribution is -2.45. The van der Waals surface area contributed by atoms with Gasteiger partial charge in [-0.2, -0.15) is 0 Å². The van der Waals surface area contributed by atoms with E-state index in [4.69, 9.17) is 9.47 Å². The van der Waals surface area contributed by atoms with Crippen molar-refractivity contribution in [3.8, 4) is 5.75 Å². The summed E-state index contributed by atoms with van der Waals surface area (Å²) in [6.07, 6.45) is 0. The second-order valence-corrected chi connectivity index (χ2v) is 5.64. The summed E-state index contributed by atoms with van der Waals surface area (Å²) in [6, 6.07) is 17.6. The number of anilines is 1. The van der Waals surface area contributed by atoms with E-state index in [9.17, 15) is 4.79 Å². The van der Waals surface area contributed by atoms with E-state index >= 15 is 0 Å². The van der Waals surface area contributed by atoms with Crippen molar-refractivity contribution in [1.82, 2.24) is 4.90 Å². The molecule has 3 rings (SSSR count). The molecular formula is C19H22N2O3. The average Bonchev–Trinajstić information content (AvgIpc) is 2.67. The molecular weight excluding hydrogens is 304 g/mol. The summed E-state index contributed by atoms with van der Waals surface area (Å²) in [5.74, 6) is 0.782. The van der Waals surface area contributed by atoms with Crippen LogP contribution in [0.5, 0.6) is 5.75 Å². The third-order valence-electron chi connectivity index (χ3n) is 4.17. The second-order valence-electron chi connectivity index (χ2n) is 5.64. The van der Waals surface area contributed by atoms with Crippen LogP contribution in [0, 0.1) is 0 Å². The van der Waals surface area contributed by atoms with Gasteiger partial charge in [0, 0.05) is 6.54 Å². The molecule has 126 valence electrons. The standard InChI is InChI=1S/C19H22N2O3/c1-23-18-10-6-5-9-16(18)20-13-19(22)21-11-12-24-14-17(21)15-7-3-2-4-8-15/h2-10,17,20H,11-14H2,1H3. The summed E-state index contributed by atoms with van der Waals surface area (Å²) in [5.41, 5.74) is 1.92. The van der Waals surface area contributed by atoms with Crippen molar-refractivity contribution >= 4 is 11.6 Å². The van der Waals surface area contributed by atoms with Gasteiger partial charge in [-0.3, -0.25) is 4.79 Å². The van der Waals surface area contributed by atoms with E-state index in [0.717, 1.165) is 17.0 Å².